The van der Waals surface area contributed by atoms with Crippen molar-refractivity contribution in [3.05, 3.63) is 12.2 Å². The van der Waals surface area contributed by atoms with Crippen molar-refractivity contribution in [3.8, 4) is 0 Å². The molecule has 0 aromatic heterocycles. The maximum absolute atomic E-state index is 12.6. The van der Waals surface area contributed by atoms with Gasteiger partial charge in [-0.2, -0.15) is 0 Å². The smallest absolute Gasteiger partial charge is 0.226 e. The molecule has 0 spiro atoms. The number of likely N-dealkylation sites (N-methyl/N-ethyl adjacent to an activating group) is 1. The minimum absolute atomic E-state index is 0.186. The molecule has 0 aromatic rings. The van der Waals surface area contributed by atoms with Crippen molar-refractivity contribution in [1.82, 2.24) is 9.80 Å². The standard InChI is InChI=1S/C17H28N2O2/c1-18(11-14-7-8-14)12-16-13-19(9-10-21-16)17(20)15-5-3-2-4-6-15/h2-3,14-16H,4-13H2,1H3/t15-,16+/m0/s1. The Bertz CT molecular complexity index is 392. The van der Waals surface area contributed by atoms with Crippen molar-refractivity contribution in [3.63, 3.8) is 0 Å². The van der Waals surface area contributed by atoms with E-state index in [0.717, 1.165) is 44.8 Å². The van der Waals surface area contributed by atoms with Crippen molar-refractivity contribution >= 4 is 5.91 Å². The zero-order valence-corrected chi connectivity index (χ0v) is 13.2. The summed E-state index contributed by atoms with van der Waals surface area (Å²) >= 11 is 0. The van der Waals surface area contributed by atoms with E-state index in [1.165, 1.54) is 19.4 Å². The van der Waals surface area contributed by atoms with E-state index in [1.54, 1.807) is 0 Å². The largest absolute Gasteiger partial charge is 0.373 e. The molecule has 2 atom stereocenters. The number of hydrogen-bond acceptors (Lipinski definition) is 3. The zero-order valence-electron chi connectivity index (χ0n) is 13.2. The molecule has 2 aliphatic carbocycles. The molecule has 0 aromatic carbocycles. The van der Waals surface area contributed by atoms with Crippen LogP contribution >= 0.6 is 0 Å². The molecule has 1 saturated heterocycles. The molecule has 1 aliphatic heterocycles. The molecule has 0 N–H and O–H groups in total. The Balaban J connectivity index is 1.47. The second-order valence-corrected chi connectivity index (χ2v) is 6.92. The van der Waals surface area contributed by atoms with Crippen LogP contribution in [0.2, 0.25) is 0 Å². The third-order valence-electron chi connectivity index (χ3n) is 4.85. The normalized spacial score (nSPS) is 29.9. The van der Waals surface area contributed by atoms with Crippen LogP contribution in [0.15, 0.2) is 12.2 Å². The van der Waals surface area contributed by atoms with Gasteiger partial charge in [0.15, 0.2) is 0 Å². The summed E-state index contributed by atoms with van der Waals surface area (Å²) in [7, 11) is 2.17. The minimum Gasteiger partial charge on any atom is -0.373 e. The van der Waals surface area contributed by atoms with E-state index in [-0.39, 0.29) is 12.0 Å². The van der Waals surface area contributed by atoms with Gasteiger partial charge in [-0.15, -0.1) is 0 Å². The van der Waals surface area contributed by atoms with Crippen LogP contribution in [-0.4, -0.2) is 61.6 Å². The average molecular weight is 292 g/mol. The highest BCUT2D eigenvalue weighted by Crippen LogP contribution is 2.29. The van der Waals surface area contributed by atoms with E-state index in [1.807, 2.05) is 4.90 Å². The van der Waals surface area contributed by atoms with Crippen LogP contribution in [-0.2, 0) is 9.53 Å². The molecule has 0 unspecified atom stereocenters. The minimum atomic E-state index is 0.186. The first kappa shape index (κ1) is 15.0. The fourth-order valence-electron chi connectivity index (χ4n) is 3.47. The Kier molecular flexibility index (Phi) is 4.96. The van der Waals surface area contributed by atoms with Gasteiger partial charge in [0, 0.05) is 32.1 Å². The molecule has 118 valence electrons. The van der Waals surface area contributed by atoms with Crippen LogP contribution in [0.1, 0.15) is 32.1 Å². The van der Waals surface area contributed by atoms with Gasteiger partial charge in [-0.05, 0) is 45.1 Å². The van der Waals surface area contributed by atoms with E-state index in [4.69, 9.17) is 4.74 Å². The number of allylic oxidation sites excluding steroid dienone is 2. The molecule has 0 bridgehead atoms. The Morgan fingerprint density at radius 2 is 2.14 bits per heavy atom. The van der Waals surface area contributed by atoms with Crippen molar-refractivity contribution in [2.24, 2.45) is 11.8 Å². The fourth-order valence-corrected chi connectivity index (χ4v) is 3.47. The Morgan fingerprint density at radius 3 is 2.86 bits per heavy atom. The van der Waals surface area contributed by atoms with E-state index in [0.29, 0.717) is 12.5 Å². The highest BCUT2D eigenvalue weighted by Gasteiger charge is 2.30. The quantitative estimate of drug-likeness (QED) is 0.726. The molecule has 4 heteroatoms. The number of nitrogens with zero attached hydrogens (tertiary/aromatic N) is 2. The van der Waals surface area contributed by atoms with Crippen LogP contribution < -0.4 is 0 Å². The molecule has 1 heterocycles. The lowest BCUT2D eigenvalue weighted by molar-refractivity contribution is -0.144. The summed E-state index contributed by atoms with van der Waals surface area (Å²) in [5.41, 5.74) is 0. The fraction of sp³-hybridized carbons (Fsp3) is 0.824. The van der Waals surface area contributed by atoms with E-state index in [9.17, 15) is 4.79 Å². The van der Waals surface area contributed by atoms with Gasteiger partial charge in [0.1, 0.15) is 0 Å². The third kappa shape index (κ3) is 4.30. The summed E-state index contributed by atoms with van der Waals surface area (Å²) in [5.74, 6) is 1.46. The number of morpholine rings is 1. The summed E-state index contributed by atoms with van der Waals surface area (Å²) < 4.78 is 5.87. The lowest BCUT2D eigenvalue weighted by Gasteiger charge is -2.36. The summed E-state index contributed by atoms with van der Waals surface area (Å²) in [6.45, 7) is 4.36. The lowest BCUT2D eigenvalue weighted by Crippen LogP contribution is -2.51. The van der Waals surface area contributed by atoms with E-state index < -0.39 is 0 Å². The zero-order chi connectivity index (χ0) is 14.7. The molecular weight excluding hydrogens is 264 g/mol. The molecule has 21 heavy (non-hydrogen) atoms. The lowest BCUT2D eigenvalue weighted by atomic mass is 9.93. The molecule has 3 aliphatic rings. The molecule has 2 fully saturated rings. The number of carbonyl (C=O) groups is 1. The number of ether oxygens (including phenoxy) is 1. The van der Waals surface area contributed by atoms with Gasteiger partial charge in [0.05, 0.1) is 12.7 Å². The Hall–Kier alpha value is -0.870. The van der Waals surface area contributed by atoms with Gasteiger partial charge in [0.25, 0.3) is 0 Å². The maximum atomic E-state index is 12.6. The molecule has 4 nitrogen and oxygen atoms in total. The van der Waals surface area contributed by atoms with Crippen LogP contribution in [0.3, 0.4) is 0 Å². The molecule has 1 saturated carbocycles. The van der Waals surface area contributed by atoms with Gasteiger partial charge in [0.2, 0.25) is 5.91 Å². The summed E-state index contributed by atoms with van der Waals surface area (Å²) in [5, 5.41) is 0. The number of rotatable bonds is 5. The molecular formula is C17H28N2O2. The first-order valence-electron chi connectivity index (χ1n) is 8.46. The van der Waals surface area contributed by atoms with Crippen molar-refractivity contribution in [2.45, 2.75) is 38.2 Å². The Morgan fingerprint density at radius 1 is 1.29 bits per heavy atom. The van der Waals surface area contributed by atoms with Crippen molar-refractivity contribution < 1.29 is 9.53 Å². The van der Waals surface area contributed by atoms with Crippen LogP contribution in [0.5, 0.6) is 0 Å². The SMILES string of the molecule is CN(CC1CC1)C[C@@H]1CN(C(=O)[C@H]2CC=CCC2)CCO1. The van der Waals surface area contributed by atoms with Crippen LogP contribution in [0.4, 0.5) is 0 Å². The van der Waals surface area contributed by atoms with Gasteiger partial charge < -0.3 is 14.5 Å². The third-order valence-corrected chi connectivity index (χ3v) is 4.85. The second kappa shape index (κ2) is 6.93. The van der Waals surface area contributed by atoms with Crippen molar-refractivity contribution in [1.29, 1.82) is 0 Å². The van der Waals surface area contributed by atoms with Gasteiger partial charge in [-0.1, -0.05) is 12.2 Å². The molecule has 3 rings (SSSR count). The van der Waals surface area contributed by atoms with E-state index in [2.05, 4.69) is 24.1 Å². The average Bonchev–Trinajstić information content (AvgIpc) is 3.31. The number of carbonyl (C=O) groups excluding carboxylic acids is 1. The van der Waals surface area contributed by atoms with Gasteiger partial charge in [-0.25, -0.2) is 0 Å². The number of amides is 1. The Labute approximate surface area is 128 Å². The highest BCUT2D eigenvalue weighted by atomic mass is 16.5. The molecule has 1 amide bonds. The highest BCUT2D eigenvalue weighted by molar-refractivity contribution is 5.79. The number of hydrogen-bond donors (Lipinski definition) is 0. The summed E-state index contributed by atoms with van der Waals surface area (Å²) in [6, 6.07) is 0. The van der Waals surface area contributed by atoms with E-state index >= 15 is 0 Å². The summed E-state index contributed by atoms with van der Waals surface area (Å²) in [4.78, 5) is 17.0. The second-order valence-electron chi connectivity index (χ2n) is 6.92. The van der Waals surface area contributed by atoms with Gasteiger partial charge >= 0.3 is 0 Å². The molecule has 0 radical (unpaired) electrons. The maximum Gasteiger partial charge on any atom is 0.226 e. The topological polar surface area (TPSA) is 32.8 Å². The predicted octanol–water partition coefficient (Wildman–Crippen LogP) is 1.91. The summed E-state index contributed by atoms with van der Waals surface area (Å²) in [6.07, 6.45) is 10.3. The van der Waals surface area contributed by atoms with Gasteiger partial charge in [-0.3, -0.25) is 4.79 Å². The predicted molar refractivity (Wildman–Crippen MR) is 83.0 cm³/mol. The first-order valence-corrected chi connectivity index (χ1v) is 8.46. The van der Waals surface area contributed by atoms with Crippen LogP contribution in [0, 0.1) is 11.8 Å². The monoisotopic (exact) mass is 292 g/mol. The van der Waals surface area contributed by atoms with Crippen molar-refractivity contribution in [2.75, 3.05) is 39.8 Å². The first-order chi connectivity index (χ1) is 10.2. The van der Waals surface area contributed by atoms with Crippen LogP contribution in [0.25, 0.3) is 0 Å².